The molecule has 1 aliphatic carbocycles. The summed E-state index contributed by atoms with van der Waals surface area (Å²) in [4.78, 5) is 42.1. The van der Waals surface area contributed by atoms with Crippen LogP contribution in [0.2, 0.25) is 0 Å². The van der Waals surface area contributed by atoms with Crippen LogP contribution in [0.5, 0.6) is 11.5 Å². The fraction of sp³-hybridized carbons (Fsp3) is 0.314. The number of ether oxygens (including phenoxy) is 2. The predicted octanol–water partition coefficient (Wildman–Crippen LogP) is 5.13. The molecule has 4 aliphatic rings. The predicted molar refractivity (Wildman–Crippen MR) is 171 cm³/mol. The number of imide groups is 1. The number of hydrogen-bond acceptors (Lipinski definition) is 9. The van der Waals surface area contributed by atoms with Crippen LogP contribution in [0.4, 0.5) is 5.69 Å². The van der Waals surface area contributed by atoms with E-state index >= 15 is 0 Å². The number of nitrogens with zero attached hydrogens (tertiary/aromatic N) is 6. The molecular weight excluding hydrogens is 584 g/mol. The van der Waals surface area contributed by atoms with E-state index in [1.165, 1.54) is 10.0 Å². The Morgan fingerprint density at radius 1 is 0.891 bits per heavy atom. The molecule has 1 saturated heterocycles. The van der Waals surface area contributed by atoms with Gasteiger partial charge in [-0.25, -0.2) is 9.91 Å². The van der Waals surface area contributed by atoms with Gasteiger partial charge in [-0.2, -0.15) is 10.2 Å². The van der Waals surface area contributed by atoms with Crippen molar-refractivity contribution in [1.29, 1.82) is 0 Å². The van der Waals surface area contributed by atoms with E-state index in [4.69, 9.17) is 14.6 Å². The van der Waals surface area contributed by atoms with E-state index in [1.807, 2.05) is 67.6 Å². The lowest BCUT2D eigenvalue weighted by Crippen LogP contribution is -2.45. The molecule has 0 bridgehead atoms. The largest absolute Gasteiger partial charge is 0.497 e. The van der Waals surface area contributed by atoms with E-state index in [9.17, 15) is 14.4 Å². The molecule has 46 heavy (non-hydrogen) atoms. The maximum atomic E-state index is 14.2. The van der Waals surface area contributed by atoms with Crippen molar-refractivity contribution in [2.45, 2.75) is 44.3 Å². The minimum absolute atomic E-state index is 0.0183. The van der Waals surface area contributed by atoms with Crippen molar-refractivity contribution in [3.63, 3.8) is 0 Å². The molecular formula is C35H34N6O5. The van der Waals surface area contributed by atoms with E-state index in [0.29, 0.717) is 5.69 Å². The molecule has 7 rings (SSSR count). The van der Waals surface area contributed by atoms with Crippen molar-refractivity contribution in [2.75, 3.05) is 25.7 Å². The lowest BCUT2D eigenvalue weighted by molar-refractivity contribution is -0.136. The van der Waals surface area contributed by atoms with Gasteiger partial charge in [-0.3, -0.25) is 19.4 Å². The summed E-state index contributed by atoms with van der Waals surface area (Å²) in [5, 5.41) is 16.1. The smallest absolute Gasteiger partial charge is 0.264 e. The third-order valence-corrected chi connectivity index (χ3v) is 9.12. The van der Waals surface area contributed by atoms with Gasteiger partial charge in [0.2, 0.25) is 0 Å². The van der Waals surface area contributed by atoms with Gasteiger partial charge in [0.05, 0.1) is 31.7 Å². The molecule has 3 aliphatic heterocycles. The highest BCUT2D eigenvalue weighted by atomic mass is 16.5. The van der Waals surface area contributed by atoms with Gasteiger partial charge in [-0.1, -0.05) is 47.2 Å². The van der Waals surface area contributed by atoms with E-state index in [1.54, 1.807) is 26.4 Å². The van der Waals surface area contributed by atoms with Crippen LogP contribution in [0.1, 0.15) is 42.0 Å². The van der Waals surface area contributed by atoms with Gasteiger partial charge in [0.1, 0.15) is 18.0 Å². The molecule has 0 spiro atoms. The molecule has 0 radical (unpaired) electrons. The monoisotopic (exact) mass is 618 g/mol. The molecule has 2 fully saturated rings. The molecule has 3 amide bonds. The fourth-order valence-corrected chi connectivity index (χ4v) is 6.76. The van der Waals surface area contributed by atoms with Gasteiger partial charge in [0, 0.05) is 5.92 Å². The Morgan fingerprint density at radius 2 is 1.57 bits per heavy atom. The van der Waals surface area contributed by atoms with Crippen molar-refractivity contribution in [2.24, 2.45) is 21.4 Å². The maximum Gasteiger partial charge on any atom is 0.264 e. The SMILES string of the molecule is COc1ccc(/C=C2\CCC[C@@H]3C2=NN(C(=O)CN2N=N[C@@H]4C(=O)N(c5ccc(C)cc5)C(=O)[C@H]42)[C@H]3c2ccc(OC)cc2)cc1. The van der Waals surface area contributed by atoms with Crippen LogP contribution >= 0.6 is 0 Å². The average molecular weight is 619 g/mol. The van der Waals surface area contributed by atoms with Crippen molar-refractivity contribution in [3.8, 4) is 11.5 Å². The third-order valence-electron chi connectivity index (χ3n) is 9.12. The van der Waals surface area contributed by atoms with Crippen LogP contribution in [0, 0.1) is 12.8 Å². The van der Waals surface area contributed by atoms with Crippen LogP contribution in [0.15, 0.2) is 93.8 Å². The van der Waals surface area contributed by atoms with Crippen molar-refractivity contribution < 1.29 is 23.9 Å². The highest BCUT2D eigenvalue weighted by Gasteiger charge is 2.55. The Hall–Kier alpha value is -5.32. The van der Waals surface area contributed by atoms with Crippen LogP contribution in [-0.2, 0) is 14.4 Å². The second kappa shape index (κ2) is 11.9. The van der Waals surface area contributed by atoms with Crippen LogP contribution in [-0.4, -0.2) is 66.3 Å². The summed E-state index contributed by atoms with van der Waals surface area (Å²) < 4.78 is 10.7. The van der Waals surface area contributed by atoms with Crippen LogP contribution in [0.25, 0.3) is 6.08 Å². The van der Waals surface area contributed by atoms with Gasteiger partial charge < -0.3 is 9.47 Å². The Kier molecular flexibility index (Phi) is 7.59. The molecule has 0 aromatic heterocycles. The third kappa shape index (κ3) is 5.11. The summed E-state index contributed by atoms with van der Waals surface area (Å²) in [6.45, 7) is 1.68. The number of anilines is 1. The number of benzene rings is 3. The van der Waals surface area contributed by atoms with Crippen LogP contribution < -0.4 is 14.4 Å². The average Bonchev–Trinajstić information content (AvgIpc) is 3.75. The van der Waals surface area contributed by atoms with E-state index < -0.39 is 23.9 Å². The molecule has 0 unspecified atom stereocenters. The van der Waals surface area contributed by atoms with E-state index in [-0.39, 0.29) is 24.4 Å². The zero-order valence-corrected chi connectivity index (χ0v) is 25.9. The summed E-state index contributed by atoms with van der Waals surface area (Å²) in [6, 6.07) is 20.4. The maximum absolute atomic E-state index is 14.2. The molecule has 0 N–H and O–H groups in total. The number of aryl methyl sites for hydroxylation is 1. The van der Waals surface area contributed by atoms with Gasteiger partial charge in [0.15, 0.2) is 12.1 Å². The number of carbonyl (C=O) groups is 3. The Bertz CT molecular complexity index is 1770. The first-order valence-electron chi connectivity index (χ1n) is 15.4. The molecule has 4 atom stereocenters. The van der Waals surface area contributed by atoms with Gasteiger partial charge in [-0.15, -0.1) is 0 Å². The zero-order chi connectivity index (χ0) is 31.9. The zero-order valence-electron chi connectivity index (χ0n) is 25.9. The molecule has 3 heterocycles. The lowest BCUT2D eigenvalue weighted by Gasteiger charge is -2.30. The lowest BCUT2D eigenvalue weighted by atomic mass is 9.77. The summed E-state index contributed by atoms with van der Waals surface area (Å²) in [7, 11) is 3.26. The number of carbonyl (C=O) groups excluding carboxylic acids is 3. The first-order chi connectivity index (χ1) is 22.4. The van der Waals surface area contributed by atoms with E-state index in [2.05, 4.69) is 16.4 Å². The molecule has 11 nitrogen and oxygen atoms in total. The first-order valence-corrected chi connectivity index (χ1v) is 15.4. The minimum Gasteiger partial charge on any atom is -0.497 e. The molecule has 1 saturated carbocycles. The van der Waals surface area contributed by atoms with Crippen molar-refractivity contribution in [1.82, 2.24) is 10.0 Å². The number of hydrazone groups is 1. The molecule has 3 aromatic carbocycles. The number of hydrogen-bond donors (Lipinski definition) is 0. The molecule has 11 heteroatoms. The summed E-state index contributed by atoms with van der Waals surface area (Å²) in [6.07, 6.45) is 4.79. The molecule has 234 valence electrons. The highest BCUT2D eigenvalue weighted by molar-refractivity contribution is 6.25. The highest BCUT2D eigenvalue weighted by Crippen LogP contribution is 2.45. The quantitative estimate of drug-likeness (QED) is 0.339. The summed E-state index contributed by atoms with van der Waals surface area (Å²) in [5.74, 6) is 0.249. The number of rotatable bonds is 7. The van der Waals surface area contributed by atoms with Crippen molar-refractivity contribution >= 4 is 35.2 Å². The standard InChI is InChI=1S/C35H34N6O5/c1-21-7-13-25(14-8-21)40-34(43)31-33(35(40)44)39(38-36-31)20-29(42)41-32(23-11-17-27(46-3)18-12-23)28-6-4-5-24(30(28)37-41)19-22-9-15-26(45-2)16-10-22/h7-19,28,31-33H,4-6,20H2,1-3H3/b24-19+/t28-,31+,32+,33+/m1/s1. The summed E-state index contributed by atoms with van der Waals surface area (Å²) in [5.41, 5.74) is 5.41. The van der Waals surface area contributed by atoms with Gasteiger partial charge in [-0.05, 0) is 85.4 Å². The van der Waals surface area contributed by atoms with Gasteiger partial charge >= 0.3 is 0 Å². The number of methoxy groups -OCH3 is 2. The first kappa shape index (κ1) is 29.4. The Labute approximate surface area is 266 Å². The normalized spacial score (nSPS) is 24.4. The summed E-state index contributed by atoms with van der Waals surface area (Å²) >= 11 is 0. The fourth-order valence-electron chi connectivity index (χ4n) is 6.76. The minimum atomic E-state index is -0.995. The second-order valence-electron chi connectivity index (χ2n) is 11.9. The second-order valence-corrected chi connectivity index (χ2v) is 11.9. The van der Waals surface area contributed by atoms with E-state index in [0.717, 1.165) is 63.6 Å². The number of allylic oxidation sites excluding steroid dienone is 1. The number of fused-ring (bicyclic) bond motifs is 2. The van der Waals surface area contributed by atoms with Crippen LogP contribution in [0.3, 0.4) is 0 Å². The Morgan fingerprint density at radius 3 is 2.24 bits per heavy atom. The molecule has 3 aromatic rings. The van der Waals surface area contributed by atoms with Gasteiger partial charge in [0.25, 0.3) is 17.7 Å². The topological polar surface area (TPSA) is 116 Å². The Balaban J connectivity index is 1.18. The van der Waals surface area contributed by atoms with Crippen molar-refractivity contribution in [3.05, 3.63) is 95.1 Å². The number of amides is 3.